The Morgan fingerprint density at radius 3 is 2.79 bits per heavy atom. The predicted octanol–water partition coefficient (Wildman–Crippen LogP) is 3.31. The number of unbranched alkanes of at least 4 members (excludes halogenated alkanes) is 1. The molecule has 2 N–H and O–H groups in total. The number of piperidine rings is 1. The first-order valence-corrected chi connectivity index (χ1v) is 10.1. The van der Waals surface area contributed by atoms with Gasteiger partial charge in [-0.3, -0.25) is 9.59 Å². The van der Waals surface area contributed by atoms with Crippen LogP contribution in [0.2, 0.25) is 0 Å². The summed E-state index contributed by atoms with van der Waals surface area (Å²) in [6, 6.07) is 6.13. The molecule has 2 amide bonds. The molecule has 0 bridgehead atoms. The van der Waals surface area contributed by atoms with Crippen molar-refractivity contribution in [1.82, 2.24) is 14.9 Å². The van der Waals surface area contributed by atoms with Crippen LogP contribution in [-0.4, -0.2) is 39.8 Å². The molecular formula is C21H25N5O2. The molecule has 7 heteroatoms. The quantitative estimate of drug-likeness (QED) is 0.752. The Bertz CT molecular complexity index is 917. The van der Waals surface area contributed by atoms with Crippen LogP contribution >= 0.6 is 0 Å². The number of hydrogen-bond donors (Lipinski definition) is 2. The standard InChI is InChI=1S/C21H25N5O2/c22-9-2-1-3-19(27)26-11-7-14(8-12-26)17-13-18(25-21(28)15-4-5-15)24-20-16(17)6-10-23-20/h6,10,13-15H,1-5,7-8,11-12H2,(H2,23,24,25,28). The number of aromatic nitrogens is 2. The van der Waals surface area contributed by atoms with Crippen LogP contribution in [0.1, 0.15) is 56.4 Å². The third-order valence-electron chi connectivity index (χ3n) is 5.73. The molecule has 2 aromatic heterocycles. The van der Waals surface area contributed by atoms with Crippen LogP contribution in [-0.2, 0) is 9.59 Å². The van der Waals surface area contributed by atoms with E-state index in [-0.39, 0.29) is 17.7 Å². The fourth-order valence-electron chi connectivity index (χ4n) is 3.96. The molecule has 1 saturated carbocycles. The zero-order chi connectivity index (χ0) is 19.5. The number of H-pyrrole nitrogens is 1. The summed E-state index contributed by atoms with van der Waals surface area (Å²) < 4.78 is 0. The number of carbonyl (C=O) groups is 2. The first-order valence-electron chi connectivity index (χ1n) is 10.1. The van der Waals surface area contributed by atoms with Crippen molar-refractivity contribution in [3.05, 3.63) is 23.9 Å². The average molecular weight is 379 g/mol. The molecule has 3 heterocycles. The summed E-state index contributed by atoms with van der Waals surface area (Å²) >= 11 is 0. The number of likely N-dealkylation sites (tertiary alicyclic amines) is 1. The number of rotatable bonds is 6. The van der Waals surface area contributed by atoms with Gasteiger partial charge in [0, 0.05) is 43.4 Å². The van der Waals surface area contributed by atoms with Crippen molar-refractivity contribution in [3.63, 3.8) is 0 Å². The van der Waals surface area contributed by atoms with E-state index in [0.29, 0.717) is 31.0 Å². The van der Waals surface area contributed by atoms with Gasteiger partial charge in [-0.15, -0.1) is 0 Å². The van der Waals surface area contributed by atoms with Crippen molar-refractivity contribution in [2.45, 2.75) is 50.9 Å². The van der Waals surface area contributed by atoms with Crippen molar-refractivity contribution in [2.24, 2.45) is 5.92 Å². The Morgan fingerprint density at radius 2 is 2.07 bits per heavy atom. The van der Waals surface area contributed by atoms with Crippen molar-refractivity contribution >= 4 is 28.7 Å². The van der Waals surface area contributed by atoms with Gasteiger partial charge in [-0.25, -0.2) is 4.98 Å². The molecule has 0 spiro atoms. The second kappa shape index (κ2) is 8.01. The molecule has 2 aliphatic rings. The van der Waals surface area contributed by atoms with Gasteiger partial charge in [0.25, 0.3) is 0 Å². The number of nitrogens with zero attached hydrogens (tertiary/aromatic N) is 3. The maximum Gasteiger partial charge on any atom is 0.228 e. The molecule has 0 unspecified atom stereocenters. The molecule has 4 rings (SSSR count). The lowest BCUT2D eigenvalue weighted by atomic mass is 9.88. The topological polar surface area (TPSA) is 102 Å². The molecule has 1 aliphatic heterocycles. The molecule has 7 nitrogen and oxygen atoms in total. The molecule has 28 heavy (non-hydrogen) atoms. The number of anilines is 1. The highest BCUT2D eigenvalue weighted by Crippen LogP contribution is 2.35. The van der Waals surface area contributed by atoms with E-state index < -0.39 is 0 Å². The van der Waals surface area contributed by atoms with Crippen molar-refractivity contribution in [1.29, 1.82) is 5.26 Å². The zero-order valence-corrected chi connectivity index (χ0v) is 15.9. The van der Waals surface area contributed by atoms with Crippen LogP contribution in [0.15, 0.2) is 18.3 Å². The summed E-state index contributed by atoms with van der Waals surface area (Å²) in [6.45, 7) is 1.46. The van der Waals surface area contributed by atoms with Crippen LogP contribution in [0.25, 0.3) is 11.0 Å². The number of fused-ring (bicyclic) bond motifs is 1. The highest BCUT2D eigenvalue weighted by Gasteiger charge is 2.30. The summed E-state index contributed by atoms with van der Waals surface area (Å²) in [5.74, 6) is 1.28. The summed E-state index contributed by atoms with van der Waals surface area (Å²) in [4.78, 5) is 34.0. The molecule has 2 fully saturated rings. The minimum Gasteiger partial charge on any atom is -0.346 e. The smallest absolute Gasteiger partial charge is 0.228 e. The molecule has 146 valence electrons. The van der Waals surface area contributed by atoms with Gasteiger partial charge in [-0.05, 0) is 55.7 Å². The lowest BCUT2D eigenvalue weighted by Gasteiger charge is -2.32. The van der Waals surface area contributed by atoms with Crippen molar-refractivity contribution < 1.29 is 9.59 Å². The average Bonchev–Trinajstić information content (AvgIpc) is 3.46. The molecule has 0 radical (unpaired) electrons. The van der Waals surface area contributed by atoms with Crippen LogP contribution in [0.4, 0.5) is 5.82 Å². The Kier molecular flexibility index (Phi) is 5.29. The van der Waals surface area contributed by atoms with Crippen molar-refractivity contribution in [2.75, 3.05) is 18.4 Å². The van der Waals surface area contributed by atoms with E-state index in [2.05, 4.69) is 21.4 Å². The molecule has 1 aliphatic carbocycles. The van der Waals surface area contributed by atoms with Gasteiger partial charge in [0.05, 0.1) is 6.07 Å². The highest BCUT2D eigenvalue weighted by atomic mass is 16.2. The maximum absolute atomic E-state index is 12.3. The van der Waals surface area contributed by atoms with E-state index in [0.717, 1.165) is 49.8 Å². The summed E-state index contributed by atoms with van der Waals surface area (Å²) in [6.07, 6.45) is 7.10. The van der Waals surface area contributed by atoms with E-state index in [1.165, 1.54) is 5.56 Å². The second-order valence-corrected chi connectivity index (χ2v) is 7.77. The lowest BCUT2D eigenvalue weighted by Crippen LogP contribution is -2.37. The Morgan fingerprint density at radius 1 is 1.29 bits per heavy atom. The van der Waals surface area contributed by atoms with E-state index in [1.54, 1.807) is 0 Å². The third-order valence-corrected chi connectivity index (χ3v) is 5.73. The summed E-state index contributed by atoms with van der Waals surface area (Å²) in [7, 11) is 0. The van der Waals surface area contributed by atoms with E-state index >= 15 is 0 Å². The minimum atomic E-state index is 0.0575. The third kappa shape index (κ3) is 4.01. The summed E-state index contributed by atoms with van der Waals surface area (Å²) in [5, 5.41) is 12.7. The number of aromatic amines is 1. The maximum atomic E-state index is 12.3. The normalized spacial score (nSPS) is 17.5. The Hall–Kier alpha value is -2.88. The number of pyridine rings is 1. The van der Waals surface area contributed by atoms with Crippen LogP contribution in [0, 0.1) is 17.2 Å². The molecule has 1 saturated heterocycles. The largest absolute Gasteiger partial charge is 0.346 e. The fraction of sp³-hybridized carbons (Fsp3) is 0.524. The van der Waals surface area contributed by atoms with Gasteiger partial charge in [0.15, 0.2) is 0 Å². The zero-order valence-electron chi connectivity index (χ0n) is 15.9. The molecule has 0 atom stereocenters. The van der Waals surface area contributed by atoms with E-state index in [4.69, 9.17) is 5.26 Å². The van der Waals surface area contributed by atoms with E-state index in [9.17, 15) is 9.59 Å². The number of carbonyl (C=O) groups excluding carboxylic acids is 2. The highest BCUT2D eigenvalue weighted by molar-refractivity contribution is 5.94. The number of nitriles is 1. The van der Waals surface area contributed by atoms with Gasteiger partial charge in [-0.2, -0.15) is 5.26 Å². The fourth-order valence-corrected chi connectivity index (χ4v) is 3.96. The molecular weight excluding hydrogens is 354 g/mol. The Labute approximate surface area is 164 Å². The second-order valence-electron chi connectivity index (χ2n) is 7.77. The van der Waals surface area contributed by atoms with Crippen LogP contribution < -0.4 is 5.32 Å². The van der Waals surface area contributed by atoms with Crippen LogP contribution in [0.5, 0.6) is 0 Å². The van der Waals surface area contributed by atoms with Crippen LogP contribution in [0.3, 0.4) is 0 Å². The number of amides is 2. The predicted molar refractivity (Wildman–Crippen MR) is 105 cm³/mol. The van der Waals surface area contributed by atoms with Gasteiger partial charge in [0.1, 0.15) is 11.5 Å². The Balaban J connectivity index is 1.45. The SMILES string of the molecule is N#CCCCC(=O)N1CCC(c2cc(NC(=O)C3CC3)nc3[nH]ccc23)CC1. The summed E-state index contributed by atoms with van der Waals surface area (Å²) in [5.41, 5.74) is 1.98. The van der Waals surface area contributed by atoms with Crippen molar-refractivity contribution in [3.8, 4) is 6.07 Å². The minimum absolute atomic E-state index is 0.0575. The van der Waals surface area contributed by atoms with Gasteiger partial charge < -0.3 is 15.2 Å². The van der Waals surface area contributed by atoms with Gasteiger partial charge in [-0.1, -0.05) is 0 Å². The molecule has 0 aromatic carbocycles. The first-order chi connectivity index (χ1) is 13.7. The van der Waals surface area contributed by atoms with E-state index in [1.807, 2.05) is 23.2 Å². The number of hydrogen-bond acceptors (Lipinski definition) is 4. The first kappa shape index (κ1) is 18.5. The monoisotopic (exact) mass is 379 g/mol. The molecule has 2 aromatic rings. The van der Waals surface area contributed by atoms with Gasteiger partial charge >= 0.3 is 0 Å². The van der Waals surface area contributed by atoms with Gasteiger partial charge in [0.2, 0.25) is 11.8 Å². The number of nitrogens with one attached hydrogen (secondary N) is 2. The lowest BCUT2D eigenvalue weighted by molar-refractivity contribution is -0.132.